The van der Waals surface area contributed by atoms with Gasteiger partial charge in [0.1, 0.15) is 0 Å². The second-order valence-corrected chi connectivity index (χ2v) is 6.89. The van der Waals surface area contributed by atoms with Crippen LogP contribution in [0.4, 0.5) is 5.69 Å². The lowest BCUT2D eigenvalue weighted by Crippen LogP contribution is -2.25. The molecule has 30 heavy (non-hydrogen) atoms. The van der Waals surface area contributed by atoms with Crippen molar-refractivity contribution < 1.29 is 28.6 Å². The molecule has 0 atom stereocenters. The van der Waals surface area contributed by atoms with E-state index >= 15 is 0 Å². The van der Waals surface area contributed by atoms with Crippen molar-refractivity contribution in [2.75, 3.05) is 31.7 Å². The van der Waals surface area contributed by atoms with Gasteiger partial charge >= 0.3 is 5.97 Å². The summed E-state index contributed by atoms with van der Waals surface area (Å²) >= 11 is 1.44. The smallest absolute Gasteiger partial charge is 0.306 e. The summed E-state index contributed by atoms with van der Waals surface area (Å²) in [5.74, 6) is -0.0170. The number of thiophene rings is 1. The molecule has 0 aliphatic rings. The Hall–Kier alpha value is -3.07. The second kappa shape index (κ2) is 12.5. The molecule has 0 fully saturated rings. The fourth-order valence-electron chi connectivity index (χ4n) is 2.47. The number of esters is 1. The summed E-state index contributed by atoms with van der Waals surface area (Å²) in [6.45, 7) is 4.65. The van der Waals surface area contributed by atoms with Crippen LogP contribution in [0.2, 0.25) is 0 Å². The molecule has 1 heterocycles. The van der Waals surface area contributed by atoms with Gasteiger partial charge in [0.2, 0.25) is 0 Å². The predicted octanol–water partition coefficient (Wildman–Crippen LogP) is 3.24. The summed E-state index contributed by atoms with van der Waals surface area (Å²) in [5, 5.41) is 8.96. The van der Waals surface area contributed by atoms with Crippen molar-refractivity contribution in [2.24, 2.45) is 0 Å². The Morgan fingerprint density at radius 1 is 1.03 bits per heavy atom. The van der Waals surface area contributed by atoms with Crippen LogP contribution in [0.5, 0.6) is 11.5 Å². The van der Waals surface area contributed by atoms with E-state index in [1.165, 1.54) is 11.3 Å². The molecule has 0 spiro atoms. The first-order valence-corrected chi connectivity index (χ1v) is 10.6. The van der Waals surface area contributed by atoms with Crippen molar-refractivity contribution in [3.8, 4) is 11.5 Å². The van der Waals surface area contributed by atoms with E-state index in [-0.39, 0.29) is 12.3 Å². The van der Waals surface area contributed by atoms with Gasteiger partial charge in [-0.25, -0.2) is 0 Å². The van der Waals surface area contributed by atoms with Crippen LogP contribution < -0.4 is 20.1 Å². The SMILES string of the molecule is CCOc1ccc(NC(=O)COC(=O)CCCNC(=O)c2ccsc2)cc1OCC. The first-order chi connectivity index (χ1) is 14.5. The van der Waals surface area contributed by atoms with Gasteiger partial charge in [-0.05, 0) is 43.8 Å². The minimum atomic E-state index is -0.503. The summed E-state index contributed by atoms with van der Waals surface area (Å²) in [7, 11) is 0. The summed E-state index contributed by atoms with van der Waals surface area (Å²) in [5.41, 5.74) is 1.11. The molecular weight excluding hydrogens is 408 g/mol. The molecule has 0 saturated heterocycles. The van der Waals surface area contributed by atoms with E-state index in [0.29, 0.717) is 48.9 Å². The van der Waals surface area contributed by atoms with E-state index in [1.807, 2.05) is 19.2 Å². The topological polar surface area (TPSA) is 103 Å². The molecule has 9 heteroatoms. The Labute approximate surface area is 179 Å². The van der Waals surface area contributed by atoms with Crippen molar-refractivity contribution in [3.63, 3.8) is 0 Å². The highest BCUT2D eigenvalue weighted by atomic mass is 32.1. The number of hydrogen-bond acceptors (Lipinski definition) is 7. The normalized spacial score (nSPS) is 10.2. The number of benzene rings is 1. The molecule has 0 aliphatic heterocycles. The molecular formula is C21H26N2O6S. The molecule has 162 valence electrons. The number of carbonyl (C=O) groups excluding carboxylic acids is 3. The van der Waals surface area contributed by atoms with Gasteiger partial charge in [-0.2, -0.15) is 11.3 Å². The zero-order valence-corrected chi connectivity index (χ0v) is 17.9. The largest absolute Gasteiger partial charge is 0.490 e. The molecule has 0 radical (unpaired) electrons. The Bertz CT molecular complexity index is 838. The quantitative estimate of drug-likeness (QED) is 0.393. The van der Waals surface area contributed by atoms with Crippen LogP contribution in [0.1, 0.15) is 37.0 Å². The standard InChI is InChI=1S/C21H26N2O6S/c1-3-27-17-8-7-16(12-18(17)28-4-2)23-19(24)13-29-20(25)6-5-10-22-21(26)15-9-11-30-14-15/h7-9,11-12,14H,3-6,10,13H2,1-2H3,(H,22,26)(H,23,24). The zero-order valence-electron chi connectivity index (χ0n) is 17.1. The van der Waals surface area contributed by atoms with Crippen LogP contribution in [-0.4, -0.2) is 44.1 Å². The number of rotatable bonds is 12. The van der Waals surface area contributed by atoms with E-state index < -0.39 is 18.5 Å². The van der Waals surface area contributed by atoms with Crippen LogP contribution in [0, 0.1) is 0 Å². The number of carbonyl (C=O) groups is 3. The van der Waals surface area contributed by atoms with Crippen molar-refractivity contribution in [1.82, 2.24) is 5.32 Å². The molecule has 1 aromatic carbocycles. The third-order valence-electron chi connectivity index (χ3n) is 3.82. The Morgan fingerprint density at radius 2 is 1.80 bits per heavy atom. The molecule has 0 unspecified atom stereocenters. The molecule has 2 N–H and O–H groups in total. The zero-order chi connectivity index (χ0) is 21.8. The maximum absolute atomic E-state index is 12.0. The summed E-state index contributed by atoms with van der Waals surface area (Å²) < 4.78 is 16.0. The highest BCUT2D eigenvalue weighted by molar-refractivity contribution is 7.08. The van der Waals surface area contributed by atoms with Crippen molar-refractivity contribution in [3.05, 3.63) is 40.6 Å². The Morgan fingerprint density at radius 3 is 2.50 bits per heavy atom. The van der Waals surface area contributed by atoms with Gasteiger partial charge in [-0.3, -0.25) is 14.4 Å². The maximum atomic E-state index is 12.0. The summed E-state index contributed by atoms with van der Waals surface area (Å²) in [6, 6.07) is 6.78. The lowest BCUT2D eigenvalue weighted by Gasteiger charge is -2.13. The average Bonchev–Trinajstić information content (AvgIpc) is 3.27. The van der Waals surface area contributed by atoms with Gasteiger partial charge in [0.25, 0.3) is 11.8 Å². The van der Waals surface area contributed by atoms with Gasteiger partial charge in [-0.15, -0.1) is 0 Å². The van der Waals surface area contributed by atoms with Crippen molar-refractivity contribution >= 4 is 34.8 Å². The molecule has 2 amide bonds. The fraction of sp³-hybridized carbons (Fsp3) is 0.381. The Kier molecular flexibility index (Phi) is 9.66. The summed E-state index contributed by atoms with van der Waals surface area (Å²) in [6.07, 6.45) is 0.529. The van der Waals surface area contributed by atoms with E-state index in [2.05, 4.69) is 10.6 Å². The minimum Gasteiger partial charge on any atom is -0.490 e. The minimum absolute atomic E-state index is 0.106. The monoisotopic (exact) mass is 434 g/mol. The van der Waals surface area contributed by atoms with E-state index in [1.54, 1.807) is 29.6 Å². The molecule has 0 saturated carbocycles. The van der Waals surface area contributed by atoms with Gasteiger partial charge in [-0.1, -0.05) is 0 Å². The summed E-state index contributed by atoms with van der Waals surface area (Å²) in [4.78, 5) is 35.6. The number of amides is 2. The fourth-order valence-corrected chi connectivity index (χ4v) is 3.11. The highest BCUT2D eigenvalue weighted by Gasteiger charge is 2.11. The first-order valence-electron chi connectivity index (χ1n) is 9.69. The third kappa shape index (κ3) is 7.75. The number of hydrogen-bond donors (Lipinski definition) is 2. The molecule has 2 rings (SSSR count). The van der Waals surface area contributed by atoms with E-state index in [0.717, 1.165) is 0 Å². The van der Waals surface area contributed by atoms with Gasteiger partial charge < -0.3 is 24.8 Å². The highest BCUT2D eigenvalue weighted by Crippen LogP contribution is 2.30. The third-order valence-corrected chi connectivity index (χ3v) is 4.50. The first kappa shape index (κ1) is 23.2. The lowest BCUT2D eigenvalue weighted by molar-refractivity contribution is -0.147. The predicted molar refractivity (Wildman–Crippen MR) is 114 cm³/mol. The lowest BCUT2D eigenvalue weighted by atomic mass is 10.2. The number of ether oxygens (including phenoxy) is 3. The number of nitrogens with one attached hydrogen (secondary N) is 2. The van der Waals surface area contributed by atoms with Crippen LogP contribution >= 0.6 is 11.3 Å². The molecule has 1 aromatic heterocycles. The van der Waals surface area contributed by atoms with Crippen LogP contribution in [0.25, 0.3) is 0 Å². The molecule has 8 nitrogen and oxygen atoms in total. The molecule has 0 bridgehead atoms. The molecule has 2 aromatic rings. The maximum Gasteiger partial charge on any atom is 0.306 e. The van der Waals surface area contributed by atoms with Gasteiger partial charge in [0.15, 0.2) is 18.1 Å². The average molecular weight is 435 g/mol. The van der Waals surface area contributed by atoms with E-state index in [4.69, 9.17) is 14.2 Å². The van der Waals surface area contributed by atoms with Crippen molar-refractivity contribution in [1.29, 1.82) is 0 Å². The van der Waals surface area contributed by atoms with Gasteiger partial charge in [0, 0.05) is 35.7 Å². The molecule has 0 aliphatic carbocycles. The van der Waals surface area contributed by atoms with Crippen LogP contribution in [0.15, 0.2) is 35.0 Å². The Balaban J connectivity index is 1.69. The second-order valence-electron chi connectivity index (χ2n) is 6.11. The van der Waals surface area contributed by atoms with Gasteiger partial charge in [0.05, 0.1) is 13.2 Å². The van der Waals surface area contributed by atoms with Crippen LogP contribution in [0.3, 0.4) is 0 Å². The number of anilines is 1. The van der Waals surface area contributed by atoms with Crippen LogP contribution in [-0.2, 0) is 14.3 Å². The van der Waals surface area contributed by atoms with Crippen molar-refractivity contribution in [2.45, 2.75) is 26.7 Å². The van der Waals surface area contributed by atoms with E-state index in [9.17, 15) is 14.4 Å².